The first kappa shape index (κ1) is 15.1. The van der Waals surface area contributed by atoms with Crippen molar-refractivity contribution < 1.29 is 23.5 Å². The molecule has 7 heteroatoms. The number of methoxy groups -OCH3 is 1. The van der Waals surface area contributed by atoms with Gasteiger partial charge in [-0.15, -0.1) is 0 Å². The van der Waals surface area contributed by atoms with Gasteiger partial charge in [0.05, 0.1) is 18.8 Å². The summed E-state index contributed by atoms with van der Waals surface area (Å²) in [7, 11) is 1.51. The molecule has 0 fully saturated rings. The van der Waals surface area contributed by atoms with E-state index in [2.05, 4.69) is 10.9 Å². The van der Waals surface area contributed by atoms with Crippen molar-refractivity contribution >= 4 is 11.8 Å². The molecule has 0 radical (unpaired) electrons. The van der Waals surface area contributed by atoms with Crippen LogP contribution in [0.2, 0.25) is 0 Å². The summed E-state index contributed by atoms with van der Waals surface area (Å²) in [6, 6.07) is 5.46. The third-order valence-corrected chi connectivity index (χ3v) is 2.10. The van der Waals surface area contributed by atoms with Crippen LogP contribution in [0.1, 0.15) is 10.4 Å². The summed E-state index contributed by atoms with van der Waals surface area (Å²) in [5, 5.41) is 0. The number of nitrogens with one attached hydrogen (secondary N) is 2. The first-order chi connectivity index (χ1) is 9.15. The first-order valence-electron chi connectivity index (χ1n) is 5.55. The lowest BCUT2D eigenvalue weighted by molar-refractivity contribution is -0.126. The molecule has 0 heterocycles. The summed E-state index contributed by atoms with van der Waals surface area (Å²) in [5.41, 5.74) is 4.05. The smallest absolute Gasteiger partial charge is 0.272 e. The van der Waals surface area contributed by atoms with E-state index < -0.39 is 17.6 Å². The van der Waals surface area contributed by atoms with Gasteiger partial charge in [-0.2, -0.15) is 0 Å². The second-order valence-electron chi connectivity index (χ2n) is 3.53. The minimum absolute atomic E-state index is 0.150. The highest BCUT2D eigenvalue weighted by atomic mass is 19.1. The maximum atomic E-state index is 13.2. The highest BCUT2D eigenvalue weighted by molar-refractivity contribution is 5.95. The van der Waals surface area contributed by atoms with Gasteiger partial charge >= 0.3 is 0 Å². The molecule has 0 atom stereocenters. The minimum Gasteiger partial charge on any atom is -0.382 e. The molecule has 0 saturated heterocycles. The van der Waals surface area contributed by atoms with Gasteiger partial charge < -0.3 is 9.47 Å². The second kappa shape index (κ2) is 8.17. The van der Waals surface area contributed by atoms with Crippen LogP contribution in [0, 0.1) is 5.82 Å². The molecule has 0 aliphatic heterocycles. The van der Waals surface area contributed by atoms with E-state index in [0.29, 0.717) is 6.61 Å². The summed E-state index contributed by atoms with van der Waals surface area (Å²) < 4.78 is 22.9. The van der Waals surface area contributed by atoms with Gasteiger partial charge in [0, 0.05) is 7.11 Å². The fourth-order valence-electron chi connectivity index (χ4n) is 1.18. The Morgan fingerprint density at radius 3 is 2.63 bits per heavy atom. The van der Waals surface area contributed by atoms with Gasteiger partial charge in [-0.1, -0.05) is 12.1 Å². The van der Waals surface area contributed by atoms with E-state index in [-0.39, 0.29) is 18.8 Å². The number of hydrogen-bond donors (Lipinski definition) is 2. The number of carbonyl (C=O) groups excluding carboxylic acids is 2. The molecule has 2 N–H and O–H groups in total. The van der Waals surface area contributed by atoms with Crippen molar-refractivity contribution in [2.75, 3.05) is 26.9 Å². The lowest BCUT2D eigenvalue weighted by Gasteiger charge is -2.08. The predicted molar refractivity (Wildman–Crippen MR) is 64.7 cm³/mol. The molecule has 1 rings (SSSR count). The van der Waals surface area contributed by atoms with Crippen molar-refractivity contribution in [2.24, 2.45) is 0 Å². The molecule has 1 aromatic rings. The molecule has 104 valence electrons. The van der Waals surface area contributed by atoms with Crippen LogP contribution in [0.3, 0.4) is 0 Å². The quantitative estimate of drug-likeness (QED) is 0.574. The molecule has 0 aliphatic rings. The molecule has 0 unspecified atom stereocenters. The number of amides is 2. The second-order valence-corrected chi connectivity index (χ2v) is 3.53. The number of rotatable bonds is 6. The summed E-state index contributed by atoms with van der Waals surface area (Å²) in [6.07, 6.45) is 0. The highest BCUT2D eigenvalue weighted by Crippen LogP contribution is 2.04. The van der Waals surface area contributed by atoms with Crippen molar-refractivity contribution in [1.29, 1.82) is 0 Å². The Kier molecular flexibility index (Phi) is 6.48. The molecule has 0 saturated carbocycles. The van der Waals surface area contributed by atoms with Crippen LogP contribution in [0.4, 0.5) is 4.39 Å². The van der Waals surface area contributed by atoms with Crippen LogP contribution in [0.15, 0.2) is 24.3 Å². The van der Waals surface area contributed by atoms with Crippen LogP contribution in [-0.2, 0) is 14.3 Å². The van der Waals surface area contributed by atoms with Gasteiger partial charge in [-0.05, 0) is 12.1 Å². The topological polar surface area (TPSA) is 76.7 Å². The van der Waals surface area contributed by atoms with Crippen molar-refractivity contribution in [1.82, 2.24) is 10.9 Å². The maximum Gasteiger partial charge on any atom is 0.272 e. The Labute approximate surface area is 109 Å². The third-order valence-electron chi connectivity index (χ3n) is 2.10. The van der Waals surface area contributed by atoms with Gasteiger partial charge in [0.1, 0.15) is 12.4 Å². The van der Waals surface area contributed by atoms with Gasteiger partial charge in [-0.25, -0.2) is 4.39 Å². The van der Waals surface area contributed by atoms with Crippen molar-refractivity contribution in [3.8, 4) is 0 Å². The van der Waals surface area contributed by atoms with Crippen molar-refractivity contribution in [3.63, 3.8) is 0 Å². The fraction of sp³-hybridized carbons (Fsp3) is 0.333. The zero-order valence-electron chi connectivity index (χ0n) is 10.4. The Morgan fingerprint density at radius 2 is 1.95 bits per heavy atom. The molecule has 0 bridgehead atoms. The molecule has 0 spiro atoms. The minimum atomic E-state index is -0.733. The Bertz CT molecular complexity index is 439. The van der Waals surface area contributed by atoms with E-state index in [1.165, 1.54) is 25.3 Å². The van der Waals surface area contributed by atoms with E-state index in [4.69, 9.17) is 9.47 Å². The first-order valence-corrected chi connectivity index (χ1v) is 5.55. The average Bonchev–Trinajstić information content (AvgIpc) is 2.41. The highest BCUT2D eigenvalue weighted by Gasteiger charge is 2.11. The Morgan fingerprint density at radius 1 is 1.21 bits per heavy atom. The van der Waals surface area contributed by atoms with Crippen molar-refractivity contribution in [3.05, 3.63) is 35.6 Å². The lowest BCUT2D eigenvalue weighted by atomic mass is 10.2. The number of benzene rings is 1. The van der Waals surface area contributed by atoms with E-state index in [9.17, 15) is 14.0 Å². The predicted octanol–water partition coefficient (Wildman–Crippen LogP) is 0.250. The summed E-state index contributed by atoms with van der Waals surface area (Å²) >= 11 is 0. The van der Waals surface area contributed by atoms with Crippen molar-refractivity contribution in [2.45, 2.75) is 0 Å². The normalized spacial score (nSPS) is 10.0. The molecule has 2 amide bonds. The largest absolute Gasteiger partial charge is 0.382 e. The van der Waals surface area contributed by atoms with E-state index in [1.807, 2.05) is 0 Å². The van der Waals surface area contributed by atoms with Crippen LogP contribution >= 0.6 is 0 Å². The molecule has 0 aromatic heterocycles. The zero-order valence-corrected chi connectivity index (χ0v) is 10.4. The summed E-state index contributed by atoms with van der Waals surface area (Å²) in [5.74, 6) is -1.94. The van der Waals surface area contributed by atoms with Crippen LogP contribution in [0.25, 0.3) is 0 Å². The summed E-state index contributed by atoms with van der Waals surface area (Å²) in [6.45, 7) is 0.418. The van der Waals surface area contributed by atoms with Gasteiger partial charge in [-0.3, -0.25) is 20.4 Å². The van der Waals surface area contributed by atoms with Gasteiger partial charge in [0.2, 0.25) is 0 Å². The maximum absolute atomic E-state index is 13.2. The fourth-order valence-corrected chi connectivity index (χ4v) is 1.18. The molecule has 6 nitrogen and oxygen atoms in total. The Balaban J connectivity index is 2.30. The van der Waals surface area contributed by atoms with E-state index >= 15 is 0 Å². The van der Waals surface area contributed by atoms with E-state index in [0.717, 1.165) is 6.07 Å². The number of halogens is 1. The van der Waals surface area contributed by atoms with Crippen LogP contribution in [-0.4, -0.2) is 38.7 Å². The zero-order chi connectivity index (χ0) is 14.1. The SMILES string of the molecule is COCCOCC(=O)NNC(=O)c1ccccc1F. The average molecular weight is 270 g/mol. The molecular formula is C12H15FN2O4. The number of hydrogen-bond acceptors (Lipinski definition) is 4. The van der Waals surface area contributed by atoms with Crippen LogP contribution < -0.4 is 10.9 Å². The number of hydrazine groups is 1. The molecule has 19 heavy (non-hydrogen) atoms. The number of ether oxygens (including phenoxy) is 2. The molecule has 0 aliphatic carbocycles. The van der Waals surface area contributed by atoms with Crippen LogP contribution in [0.5, 0.6) is 0 Å². The third kappa shape index (κ3) is 5.45. The monoisotopic (exact) mass is 270 g/mol. The molecular weight excluding hydrogens is 255 g/mol. The summed E-state index contributed by atoms with van der Waals surface area (Å²) in [4.78, 5) is 22.8. The van der Waals surface area contributed by atoms with E-state index in [1.54, 1.807) is 0 Å². The van der Waals surface area contributed by atoms with Gasteiger partial charge in [0.15, 0.2) is 0 Å². The number of carbonyl (C=O) groups is 2. The molecule has 1 aromatic carbocycles. The lowest BCUT2D eigenvalue weighted by Crippen LogP contribution is -2.43. The standard InChI is InChI=1S/C12H15FN2O4/c1-18-6-7-19-8-11(16)14-15-12(17)9-4-2-3-5-10(9)13/h2-5H,6-8H2,1H3,(H,14,16)(H,15,17). The van der Waals surface area contributed by atoms with Gasteiger partial charge in [0.25, 0.3) is 11.8 Å². The Hall–Kier alpha value is -1.99.